The van der Waals surface area contributed by atoms with Crippen LogP contribution in [0.1, 0.15) is 12.5 Å². The van der Waals surface area contributed by atoms with Crippen molar-refractivity contribution in [2.24, 2.45) is 0 Å². The Bertz CT molecular complexity index is 706. The Labute approximate surface area is 140 Å². The van der Waals surface area contributed by atoms with Crippen molar-refractivity contribution in [2.45, 2.75) is 13.5 Å². The molecule has 0 fully saturated rings. The molecule has 2 N–H and O–H groups in total. The molecule has 2 aromatic carbocycles. The van der Waals surface area contributed by atoms with E-state index in [0.717, 1.165) is 28.5 Å². The standard InChI is InChI=1S/C17H18N2O3S/c1-2-20-14-5-3-4-13(9-14)19-17(23)18-10-12-6-7-15-16(8-12)22-11-21-15/h3-9H,2,10-11H2,1H3,(H2,18,19,23). The van der Waals surface area contributed by atoms with E-state index in [0.29, 0.717) is 18.3 Å². The minimum atomic E-state index is 0.280. The van der Waals surface area contributed by atoms with Crippen LogP contribution in [0.15, 0.2) is 42.5 Å². The van der Waals surface area contributed by atoms with Gasteiger partial charge in [0.1, 0.15) is 5.75 Å². The quantitative estimate of drug-likeness (QED) is 0.821. The van der Waals surface area contributed by atoms with Crippen molar-refractivity contribution >= 4 is 23.0 Å². The van der Waals surface area contributed by atoms with E-state index in [9.17, 15) is 0 Å². The Balaban J connectivity index is 1.54. The summed E-state index contributed by atoms with van der Waals surface area (Å²) in [5, 5.41) is 6.87. The summed E-state index contributed by atoms with van der Waals surface area (Å²) in [4.78, 5) is 0. The largest absolute Gasteiger partial charge is 0.494 e. The molecule has 2 aromatic rings. The summed E-state index contributed by atoms with van der Waals surface area (Å²) >= 11 is 5.32. The molecule has 6 heteroatoms. The fourth-order valence-electron chi connectivity index (χ4n) is 2.24. The Hall–Kier alpha value is -2.47. The van der Waals surface area contributed by atoms with Crippen molar-refractivity contribution in [1.82, 2.24) is 5.32 Å². The smallest absolute Gasteiger partial charge is 0.231 e. The molecule has 0 saturated carbocycles. The van der Waals surface area contributed by atoms with E-state index in [1.54, 1.807) is 0 Å². The van der Waals surface area contributed by atoms with Gasteiger partial charge in [0.2, 0.25) is 6.79 Å². The summed E-state index contributed by atoms with van der Waals surface area (Å²) in [6, 6.07) is 13.5. The third-order valence-corrected chi connectivity index (χ3v) is 3.54. The third kappa shape index (κ3) is 4.04. The van der Waals surface area contributed by atoms with Gasteiger partial charge in [-0.05, 0) is 49.0 Å². The SMILES string of the molecule is CCOc1cccc(NC(=S)NCc2ccc3c(c2)OCO3)c1. The van der Waals surface area contributed by atoms with Crippen molar-refractivity contribution in [2.75, 3.05) is 18.7 Å². The second-order valence-electron chi connectivity index (χ2n) is 4.96. The number of thiocarbonyl (C=S) groups is 1. The molecular formula is C17H18N2O3S. The molecule has 1 aliphatic heterocycles. The first-order chi connectivity index (χ1) is 11.2. The predicted molar refractivity (Wildman–Crippen MR) is 93.2 cm³/mol. The minimum Gasteiger partial charge on any atom is -0.494 e. The Kier molecular flexibility index (Phi) is 4.83. The third-order valence-electron chi connectivity index (χ3n) is 3.29. The van der Waals surface area contributed by atoms with E-state index in [-0.39, 0.29) is 6.79 Å². The van der Waals surface area contributed by atoms with Crippen LogP contribution in [0.25, 0.3) is 0 Å². The zero-order chi connectivity index (χ0) is 16.1. The summed E-state index contributed by atoms with van der Waals surface area (Å²) in [6.45, 7) is 3.48. The lowest BCUT2D eigenvalue weighted by Crippen LogP contribution is -2.27. The maximum absolute atomic E-state index is 5.47. The van der Waals surface area contributed by atoms with Crippen LogP contribution >= 0.6 is 12.2 Å². The highest BCUT2D eigenvalue weighted by Gasteiger charge is 2.13. The molecule has 0 radical (unpaired) electrons. The Morgan fingerprint density at radius 3 is 2.91 bits per heavy atom. The first-order valence-electron chi connectivity index (χ1n) is 7.41. The van der Waals surface area contributed by atoms with Gasteiger partial charge in [0.05, 0.1) is 6.61 Å². The van der Waals surface area contributed by atoms with Gasteiger partial charge >= 0.3 is 0 Å². The molecular weight excluding hydrogens is 312 g/mol. The lowest BCUT2D eigenvalue weighted by Gasteiger charge is -2.12. The molecule has 0 amide bonds. The molecule has 0 spiro atoms. The van der Waals surface area contributed by atoms with Crippen LogP contribution in [-0.4, -0.2) is 18.5 Å². The Morgan fingerprint density at radius 1 is 1.17 bits per heavy atom. The summed E-state index contributed by atoms with van der Waals surface area (Å²) < 4.78 is 16.1. The van der Waals surface area contributed by atoms with Crippen molar-refractivity contribution in [3.63, 3.8) is 0 Å². The number of benzene rings is 2. The highest BCUT2D eigenvalue weighted by Crippen LogP contribution is 2.32. The summed E-state index contributed by atoms with van der Waals surface area (Å²) in [6.07, 6.45) is 0. The average Bonchev–Trinajstić information content (AvgIpc) is 3.01. The minimum absolute atomic E-state index is 0.280. The zero-order valence-corrected chi connectivity index (χ0v) is 13.6. The second-order valence-corrected chi connectivity index (χ2v) is 5.36. The van der Waals surface area contributed by atoms with Crippen LogP contribution in [-0.2, 0) is 6.54 Å². The van der Waals surface area contributed by atoms with Crippen LogP contribution in [0.3, 0.4) is 0 Å². The first-order valence-corrected chi connectivity index (χ1v) is 7.81. The molecule has 23 heavy (non-hydrogen) atoms. The molecule has 1 heterocycles. The number of nitrogens with one attached hydrogen (secondary N) is 2. The number of ether oxygens (including phenoxy) is 3. The van der Waals surface area contributed by atoms with Crippen LogP contribution in [0, 0.1) is 0 Å². The first kappa shape index (κ1) is 15.4. The number of rotatable bonds is 5. The van der Waals surface area contributed by atoms with Gasteiger partial charge in [-0.15, -0.1) is 0 Å². The number of hydrogen-bond donors (Lipinski definition) is 2. The van der Waals surface area contributed by atoms with E-state index in [1.807, 2.05) is 49.4 Å². The highest BCUT2D eigenvalue weighted by atomic mass is 32.1. The van der Waals surface area contributed by atoms with Crippen LogP contribution < -0.4 is 24.8 Å². The lowest BCUT2D eigenvalue weighted by atomic mass is 10.2. The molecule has 0 bridgehead atoms. The van der Waals surface area contributed by atoms with Crippen LogP contribution in [0.4, 0.5) is 5.69 Å². The van der Waals surface area contributed by atoms with Gasteiger partial charge < -0.3 is 24.8 Å². The van der Waals surface area contributed by atoms with Gasteiger partial charge in [-0.3, -0.25) is 0 Å². The molecule has 3 rings (SSSR count). The highest BCUT2D eigenvalue weighted by molar-refractivity contribution is 7.80. The topological polar surface area (TPSA) is 51.8 Å². The van der Waals surface area contributed by atoms with E-state index in [4.69, 9.17) is 26.4 Å². The van der Waals surface area contributed by atoms with Gasteiger partial charge in [-0.25, -0.2) is 0 Å². The molecule has 0 aromatic heterocycles. The van der Waals surface area contributed by atoms with Gasteiger partial charge in [0.25, 0.3) is 0 Å². The average molecular weight is 330 g/mol. The van der Waals surface area contributed by atoms with Gasteiger partial charge in [0.15, 0.2) is 16.6 Å². The normalized spacial score (nSPS) is 11.9. The van der Waals surface area contributed by atoms with Crippen LogP contribution in [0.2, 0.25) is 0 Å². The van der Waals surface area contributed by atoms with E-state index in [2.05, 4.69) is 10.6 Å². The van der Waals surface area contributed by atoms with E-state index < -0.39 is 0 Å². The fourth-order valence-corrected chi connectivity index (χ4v) is 2.43. The fraction of sp³-hybridized carbons (Fsp3) is 0.235. The predicted octanol–water partition coefficient (Wildman–Crippen LogP) is 3.30. The molecule has 120 valence electrons. The number of hydrogen-bond acceptors (Lipinski definition) is 4. The number of anilines is 1. The second kappa shape index (κ2) is 7.19. The van der Waals surface area contributed by atoms with Crippen LogP contribution in [0.5, 0.6) is 17.2 Å². The zero-order valence-electron chi connectivity index (χ0n) is 12.8. The van der Waals surface area contributed by atoms with Crippen molar-refractivity contribution in [3.8, 4) is 17.2 Å². The van der Waals surface area contributed by atoms with Gasteiger partial charge in [-0.1, -0.05) is 12.1 Å². The monoisotopic (exact) mass is 330 g/mol. The van der Waals surface area contributed by atoms with Crippen molar-refractivity contribution in [1.29, 1.82) is 0 Å². The molecule has 0 saturated heterocycles. The van der Waals surface area contributed by atoms with E-state index in [1.165, 1.54) is 0 Å². The maximum atomic E-state index is 5.47. The summed E-state index contributed by atoms with van der Waals surface area (Å²) in [7, 11) is 0. The van der Waals surface area contributed by atoms with Crippen molar-refractivity contribution in [3.05, 3.63) is 48.0 Å². The molecule has 0 atom stereocenters. The van der Waals surface area contributed by atoms with Gasteiger partial charge in [0, 0.05) is 18.3 Å². The van der Waals surface area contributed by atoms with Crippen molar-refractivity contribution < 1.29 is 14.2 Å². The lowest BCUT2D eigenvalue weighted by molar-refractivity contribution is 0.174. The molecule has 5 nitrogen and oxygen atoms in total. The molecule has 0 aliphatic carbocycles. The summed E-state index contributed by atoms with van der Waals surface area (Å²) in [5.74, 6) is 2.37. The maximum Gasteiger partial charge on any atom is 0.231 e. The molecule has 0 unspecified atom stereocenters. The molecule has 1 aliphatic rings. The van der Waals surface area contributed by atoms with Gasteiger partial charge in [-0.2, -0.15) is 0 Å². The number of fused-ring (bicyclic) bond motifs is 1. The Morgan fingerprint density at radius 2 is 2.04 bits per heavy atom. The van der Waals surface area contributed by atoms with E-state index >= 15 is 0 Å². The summed E-state index contributed by atoms with van der Waals surface area (Å²) in [5.41, 5.74) is 1.96.